The lowest BCUT2D eigenvalue weighted by molar-refractivity contribution is -0.240. The van der Waals surface area contributed by atoms with Crippen molar-refractivity contribution in [1.29, 1.82) is 0 Å². The van der Waals surface area contributed by atoms with Gasteiger partial charge in [-0.3, -0.25) is 9.69 Å². The number of allylic oxidation sites excluding steroid dienone is 1. The quantitative estimate of drug-likeness (QED) is 0.794. The van der Waals surface area contributed by atoms with Crippen LogP contribution in [0.15, 0.2) is 43.0 Å². The van der Waals surface area contributed by atoms with E-state index in [1.54, 1.807) is 37.3 Å². The van der Waals surface area contributed by atoms with Crippen molar-refractivity contribution in [3.63, 3.8) is 0 Å². The number of ether oxygens (including phenoxy) is 1. The van der Waals surface area contributed by atoms with Gasteiger partial charge >= 0.3 is 6.18 Å². The zero-order valence-corrected chi connectivity index (χ0v) is 12.2. The highest BCUT2D eigenvalue weighted by molar-refractivity contribution is 5.79. The molecule has 3 atom stereocenters. The molecule has 1 aromatic rings. The SMILES string of the molecule is C=CC[C@H](C)C(=O)N1[C@H](C(F)(F)F)OC[C@H]1c1ccccc1. The molecule has 120 valence electrons. The molecular formula is C16H18F3NO2. The van der Waals surface area contributed by atoms with E-state index >= 15 is 0 Å². The van der Waals surface area contributed by atoms with Gasteiger partial charge in [-0.1, -0.05) is 43.3 Å². The average Bonchev–Trinajstić information content (AvgIpc) is 2.92. The van der Waals surface area contributed by atoms with Crippen molar-refractivity contribution in [2.75, 3.05) is 6.61 Å². The number of nitrogens with zero attached hydrogens (tertiary/aromatic N) is 1. The molecule has 0 radical (unpaired) electrons. The Labute approximate surface area is 127 Å². The molecule has 1 amide bonds. The van der Waals surface area contributed by atoms with Gasteiger partial charge in [0.15, 0.2) is 0 Å². The smallest absolute Gasteiger partial charge is 0.347 e. The molecule has 6 heteroatoms. The molecule has 22 heavy (non-hydrogen) atoms. The summed E-state index contributed by atoms with van der Waals surface area (Å²) in [5, 5.41) is 0. The minimum atomic E-state index is -4.62. The van der Waals surface area contributed by atoms with Gasteiger partial charge in [0.25, 0.3) is 0 Å². The molecule has 1 aliphatic rings. The highest BCUT2D eigenvalue weighted by Gasteiger charge is 2.53. The fourth-order valence-electron chi connectivity index (χ4n) is 2.56. The normalized spacial score (nSPS) is 23.4. The molecule has 0 bridgehead atoms. The van der Waals surface area contributed by atoms with E-state index in [1.165, 1.54) is 6.08 Å². The summed E-state index contributed by atoms with van der Waals surface area (Å²) in [4.78, 5) is 13.3. The van der Waals surface area contributed by atoms with Crippen molar-refractivity contribution in [2.45, 2.75) is 31.8 Å². The molecule has 0 saturated carbocycles. The Morgan fingerprint density at radius 1 is 1.45 bits per heavy atom. The van der Waals surface area contributed by atoms with Gasteiger partial charge in [-0.15, -0.1) is 6.58 Å². The minimum absolute atomic E-state index is 0.166. The zero-order valence-electron chi connectivity index (χ0n) is 12.2. The van der Waals surface area contributed by atoms with Crippen LogP contribution in [0.2, 0.25) is 0 Å². The Morgan fingerprint density at radius 3 is 2.64 bits per heavy atom. The van der Waals surface area contributed by atoms with Crippen molar-refractivity contribution in [2.24, 2.45) is 5.92 Å². The molecular weight excluding hydrogens is 295 g/mol. The topological polar surface area (TPSA) is 29.5 Å². The summed E-state index contributed by atoms with van der Waals surface area (Å²) >= 11 is 0. The Balaban J connectivity index is 2.34. The second kappa shape index (κ2) is 6.52. The van der Waals surface area contributed by atoms with Crippen LogP contribution in [0.5, 0.6) is 0 Å². The fourth-order valence-corrected chi connectivity index (χ4v) is 2.56. The van der Waals surface area contributed by atoms with Crippen molar-refractivity contribution in [3.05, 3.63) is 48.6 Å². The third-order valence-corrected chi connectivity index (χ3v) is 3.66. The highest BCUT2D eigenvalue weighted by atomic mass is 19.4. The van der Waals surface area contributed by atoms with Gasteiger partial charge < -0.3 is 4.74 Å². The predicted molar refractivity (Wildman–Crippen MR) is 75.8 cm³/mol. The molecule has 0 aromatic heterocycles. The van der Waals surface area contributed by atoms with Crippen LogP contribution in [0.1, 0.15) is 24.9 Å². The summed E-state index contributed by atoms with van der Waals surface area (Å²) in [6.07, 6.45) is -4.97. The van der Waals surface area contributed by atoms with E-state index < -0.39 is 30.3 Å². The number of carbonyl (C=O) groups is 1. The molecule has 1 heterocycles. The number of rotatable bonds is 4. The van der Waals surface area contributed by atoms with Crippen LogP contribution in [0.4, 0.5) is 13.2 Å². The van der Waals surface area contributed by atoms with Crippen LogP contribution in [-0.4, -0.2) is 29.8 Å². The predicted octanol–water partition coefficient (Wildman–Crippen LogP) is 3.69. The number of alkyl halides is 3. The molecule has 0 unspecified atom stereocenters. The first-order valence-corrected chi connectivity index (χ1v) is 7.02. The molecule has 1 saturated heterocycles. The molecule has 2 rings (SSSR count). The molecule has 1 fully saturated rings. The molecule has 0 spiro atoms. The van der Waals surface area contributed by atoms with Gasteiger partial charge in [-0.05, 0) is 12.0 Å². The lowest BCUT2D eigenvalue weighted by Crippen LogP contribution is -2.48. The number of benzene rings is 1. The van der Waals surface area contributed by atoms with E-state index in [9.17, 15) is 18.0 Å². The maximum Gasteiger partial charge on any atom is 0.433 e. The van der Waals surface area contributed by atoms with Crippen LogP contribution >= 0.6 is 0 Å². The molecule has 1 aliphatic heterocycles. The van der Waals surface area contributed by atoms with Crippen LogP contribution in [0, 0.1) is 5.92 Å². The number of hydrogen-bond acceptors (Lipinski definition) is 2. The number of amides is 1. The molecule has 0 aliphatic carbocycles. The second-order valence-corrected chi connectivity index (χ2v) is 5.32. The van der Waals surface area contributed by atoms with E-state index in [-0.39, 0.29) is 6.61 Å². The van der Waals surface area contributed by atoms with E-state index in [4.69, 9.17) is 4.74 Å². The van der Waals surface area contributed by atoms with Crippen molar-refractivity contribution >= 4 is 5.91 Å². The van der Waals surface area contributed by atoms with E-state index in [0.717, 1.165) is 4.90 Å². The highest BCUT2D eigenvalue weighted by Crippen LogP contribution is 2.39. The first-order chi connectivity index (χ1) is 10.4. The van der Waals surface area contributed by atoms with Gasteiger partial charge in [0, 0.05) is 5.92 Å². The van der Waals surface area contributed by atoms with Crippen molar-refractivity contribution < 1.29 is 22.7 Å². The van der Waals surface area contributed by atoms with Crippen LogP contribution in [0.25, 0.3) is 0 Å². The maximum atomic E-state index is 13.2. The van der Waals surface area contributed by atoms with Gasteiger partial charge in [-0.25, -0.2) is 0 Å². The lowest BCUT2D eigenvalue weighted by Gasteiger charge is -2.31. The van der Waals surface area contributed by atoms with Crippen LogP contribution in [0.3, 0.4) is 0 Å². The second-order valence-electron chi connectivity index (χ2n) is 5.32. The monoisotopic (exact) mass is 313 g/mol. The Bertz CT molecular complexity index is 530. The first kappa shape index (κ1) is 16.5. The molecule has 1 aromatic carbocycles. The molecule has 0 N–H and O–H groups in total. The maximum absolute atomic E-state index is 13.2. The van der Waals surface area contributed by atoms with E-state index in [2.05, 4.69) is 6.58 Å². The Morgan fingerprint density at radius 2 is 2.09 bits per heavy atom. The van der Waals surface area contributed by atoms with Gasteiger partial charge in [0.2, 0.25) is 12.1 Å². The van der Waals surface area contributed by atoms with Crippen LogP contribution in [-0.2, 0) is 9.53 Å². The van der Waals surface area contributed by atoms with E-state index in [1.807, 2.05) is 0 Å². The summed E-state index contributed by atoms with van der Waals surface area (Å²) in [6.45, 7) is 4.96. The third-order valence-electron chi connectivity index (χ3n) is 3.66. The Kier molecular flexibility index (Phi) is 4.90. The van der Waals surface area contributed by atoms with E-state index in [0.29, 0.717) is 12.0 Å². The lowest BCUT2D eigenvalue weighted by atomic mass is 10.0. The minimum Gasteiger partial charge on any atom is -0.347 e. The van der Waals surface area contributed by atoms with Crippen molar-refractivity contribution in [3.8, 4) is 0 Å². The van der Waals surface area contributed by atoms with Crippen molar-refractivity contribution in [1.82, 2.24) is 4.90 Å². The number of carbonyl (C=O) groups excluding carboxylic acids is 1. The average molecular weight is 313 g/mol. The van der Waals surface area contributed by atoms with Gasteiger partial charge in [0.1, 0.15) is 0 Å². The molecule has 3 nitrogen and oxygen atoms in total. The summed E-state index contributed by atoms with van der Waals surface area (Å²) in [6, 6.07) is 7.90. The van der Waals surface area contributed by atoms with Gasteiger partial charge in [-0.2, -0.15) is 13.2 Å². The van der Waals surface area contributed by atoms with Crippen LogP contribution < -0.4 is 0 Å². The number of hydrogen-bond donors (Lipinski definition) is 0. The van der Waals surface area contributed by atoms with Gasteiger partial charge in [0.05, 0.1) is 12.6 Å². The number of halogens is 3. The largest absolute Gasteiger partial charge is 0.433 e. The summed E-state index contributed by atoms with van der Waals surface area (Å²) in [7, 11) is 0. The fraction of sp³-hybridized carbons (Fsp3) is 0.438. The summed E-state index contributed by atoms with van der Waals surface area (Å²) < 4.78 is 44.4. The standard InChI is InChI=1S/C16H18F3NO2/c1-3-7-11(2)14(21)20-13(12-8-5-4-6-9-12)10-22-15(20)16(17,18)19/h3-6,8-9,11,13,15H,1,7,10H2,2H3/t11-,13-,15-/m0/s1. The zero-order chi connectivity index (χ0) is 16.3. The summed E-state index contributed by atoms with van der Waals surface area (Å²) in [5.74, 6) is -1.15. The summed E-state index contributed by atoms with van der Waals surface area (Å²) in [5.41, 5.74) is 0.633. The Hall–Kier alpha value is -1.82. The first-order valence-electron chi connectivity index (χ1n) is 7.02. The third kappa shape index (κ3) is 3.32.